The summed E-state index contributed by atoms with van der Waals surface area (Å²) in [4.78, 5) is 10.4. The van der Waals surface area contributed by atoms with Crippen molar-refractivity contribution in [3.8, 4) is 5.75 Å². The topological polar surface area (TPSA) is 82.2 Å². The van der Waals surface area contributed by atoms with E-state index < -0.39 is 4.92 Å². The summed E-state index contributed by atoms with van der Waals surface area (Å²) in [5.74, 6) is 0.632. The Labute approximate surface area is 122 Å². The van der Waals surface area contributed by atoms with Gasteiger partial charge in [-0.05, 0) is 18.7 Å². The van der Waals surface area contributed by atoms with Gasteiger partial charge in [0.2, 0.25) is 0 Å². The number of non-ortho nitro benzene ring substituents is 1. The van der Waals surface area contributed by atoms with Crippen LogP contribution in [0.1, 0.15) is 18.2 Å². The van der Waals surface area contributed by atoms with Gasteiger partial charge in [-0.3, -0.25) is 14.8 Å². The van der Waals surface area contributed by atoms with E-state index in [-0.39, 0.29) is 5.69 Å². The van der Waals surface area contributed by atoms with Crippen molar-refractivity contribution in [2.24, 2.45) is 7.05 Å². The highest BCUT2D eigenvalue weighted by atomic mass is 16.6. The van der Waals surface area contributed by atoms with Gasteiger partial charge in [-0.2, -0.15) is 5.10 Å². The highest BCUT2D eigenvalue weighted by Gasteiger charge is 2.12. The third-order valence-electron chi connectivity index (χ3n) is 2.96. The van der Waals surface area contributed by atoms with Crippen molar-refractivity contribution < 1.29 is 9.66 Å². The van der Waals surface area contributed by atoms with Gasteiger partial charge in [-0.1, -0.05) is 6.92 Å². The smallest absolute Gasteiger partial charge is 0.270 e. The number of aryl methyl sites for hydroxylation is 1. The summed E-state index contributed by atoms with van der Waals surface area (Å²) >= 11 is 0. The maximum Gasteiger partial charge on any atom is 0.270 e. The molecular formula is C14H18N4O3. The van der Waals surface area contributed by atoms with Crippen LogP contribution >= 0.6 is 0 Å². The molecule has 1 aromatic carbocycles. The summed E-state index contributed by atoms with van der Waals surface area (Å²) in [6, 6.07) is 6.49. The van der Waals surface area contributed by atoms with Crippen LogP contribution < -0.4 is 10.1 Å². The second-order valence-corrected chi connectivity index (χ2v) is 4.60. The van der Waals surface area contributed by atoms with Crippen LogP contribution in [0.2, 0.25) is 0 Å². The van der Waals surface area contributed by atoms with E-state index in [0.29, 0.717) is 18.9 Å². The van der Waals surface area contributed by atoms with E-state index in [9.17, 15) is 10.1 Å². The summed E-state index contributed by atoms with van der Waals surface area (Å²) in [7, 11) is 1.84. The molecule has 0 amide bonds. The Morgan fingerprint density at radius 2 is 2.24 bits per heavy atom. The van der Waals surface area contributed by atoms with Gasteiger partial charge in [-0.15, -0.1) is 0 Å². The molecule has 1 heterocycles. The number of benzene rings is 1. The van der Waals surface area contributed by atoms with Gasteiger partial charge in [0.1, 0.15) is 12.4 Å². The van der Waals surface area contributed by atoms with Crippen LogP contribution in [0.15, 0.2) is 30.5 Å². The van der Waals surface area contributed by atoms with E-state index in [0.717, 1.165) is 17.8 Å². The van der Waals surface area contributed by atoms with E-state index in [1.165, 1.54) is 12.1 Å². The largest absolute Gasteiger partial charge is 0.487 e. The molecule has 0 radical (unpaired) electrons. The summed E-state index contributed by atoms with van der Waals surface area (Å²) in [5.41, 5.74) is 1.64. The van der Waals surface area contributed by atoms with E-state index in [2.05, 4.69) is 10.4 Å². The lowest BCUT2D eigenvalue weighted by Gasteiger charge is -2.11. The first-order chi connectivity index (χ1) is 10.1. The van der Waals surface area contributed by atoms with Gasteiger partial charge in [-0.25, -0.2) is 0 Å². The van der Waals surface area contributed by atoms with Crippen LogP contribution in [0.5, 0.6) is 5.75 Å². The summed E-state index contributed by atoms with van der Waals surface area (Å²) in [6.45, 7) is 3.61. The number of rotatable bonds is 7. The fourth-order valence-corrected chi connectivity index (χ4v) is 1.91. The molecule has 1 N–H and O–H groups in total. The molecule has 0 saturated carbocycles. The zero-order valence-corrected chi connectivity index (χ0v) is 12.1. The number of nitrogens with zero attached hydrogens (tertiary/aromatic N) is 3. The first-order valence-electron chi connectivity index (χ1n) is 6.69. The van der Waals surface area contributed by atoms with E-state index in [1.807, 2.05) is 26.2 Å². The number of hydrogen-bond donors (Lipinski definition) is 1. The van der Waals surface area contributed by atoms with E-state index >= 15 is 0 Å². The molecule has 2 rings (SSSR count). The van der Waals surface area contributed by atoms with Crippen LogP contribution in [-0.4, -0.2) is 21.2 Å². The Morgan fingerprint density at radius 3 is 2.86 bits per heavy atom. The standard InChI is InChI=1S/C14H18N4O3/c1-3-15-9-11-8-13(18(19)20)4-5-14(11)21-10-12-6-7-17(2)16-12/h4-8,15H,3,9-10H2,1-2H3. The van der Waals surface area contributed by atoms with Gasteiger partial charge in [0.25, 0.3) is 5.69 Å². The molecule has 0 fully saturated rings. The predicted octanol–water partition coefficient (Wildman–Crippen LogP) is 2.02. The highest BCUT2D eigenvalue weighted by Crippen LogP contribution is 2.25. The average Bonchev–Trinajstić information content (AvgIpc) is 2.88. The Kier molecular flexibility index (Phi) is 4.89. The van der Waals surface area contributed by atoms with Crippen molar-refractivity contribution in [3.05, 3.63) is 51.8 Å². The van der Waals surface area contributed by atoms with Crippen molar-refractivity contribution in [1.82, 2.24) is 15.1 Å². The van der Waals surface area contributed by atoms with Crippen molar-refractivity contribution in [1.29, 1.82) is 0 Å². The van der Waals surface area contributed by atoms with Gasteiger partial charge in [0.15, 0.2) is 0 Å². The molecule has 1 aromatic heterocycles. The Morgan fingerprint density at radius 1 is 1.43 bits per heavy atom. The fourth-order valence-electron chi connectivity index (χ4n) is 1.91. The molecule has 2 aromatic rings. The Hall–Kier alpha value is -2.41. The Bertz CT molecular complexity index is 624. The first kappa shape index (κ1) is 15.0. The zero-order chi connectivity index (χ0) is 15.2. The van der Waals surface area contributed by atoms with Crippen LogP contribution in [-0.2, 0) is 20.2 Å². The number of nitrogens with one attached hydrogen (secondary N) is 1. The summed E-state index contributed by atoms with van der Waals surface area (Å²) < 4.78 is 7.43. The van der Waals surface area contributed by atoms with Gasteiger partial charge in [0, 0.05) is 37.5 Å². The first-order valence-corrected chi connectivity index (χ1v) is 6.69. The van der Waals surface area contributed by atoms with Crippen molar-refractivity contribution >= 4 is 5.69 Å². The molecule has 0 saturated heterocycles. The van der Waals surface area contributed by atoms with Crippen LogP contribution in [0, 0.1) is 10.1 Å². The van der Waals surface area contributed by atoms with E-state index in [1.54, 1.807) is 10.7 Å². The minimum Gasteiger partial charge on any atom is -0.487 e. The molecule has 0 aliphatic heterocycles. The maximum atomic E-state index is 10.9. The lowest BCUT2D eigenvalue weighted by molar-refractivity contribution is -0.384. The van der Waals surface area contributed by atoms with Gasteiger partial charge >= 0.3 is 0 Å². The SMILES string of the molecule is CCNCc1cc([N+](=O)[O-])ccc1OCc1ccn(C)n1. The number of aromatic nitrogens is 2. The quantitative estimate of drug-likeness (QED) is 0.623. The lowest BCUT2D eigenvalue weighted by atomic mass is 10.1. The van der Waals surface area contributed by atoms with Crippen LogP contribution in [0.25, 0.3) is 0 Å². The number of nitro groups is 1. The number of nitro benzene ring substituents is 1. The molecule has 0 spiro atoms. The molecule has 7 heteroatoms. The van der Waals surface area contributed by atoms with E-state index in [4.69, 9.17) is 4.74 Å². The third kappa shape index (κ3) is 4.03. The predicted molar refractivity (Wildman–Crippen MR) is 78.0 cm³/mol. The molecular weight excluding hydrogens is 272 g/mol. The van der Waals surface area contributed by atoms with Crippen molar-refractivity contribution in [2.45, 2.75) is 20.1 Å². The highest BCUT2D eigenvalue weighted by molar-refractivity contribution is 5.43. The van der Waals surface area contributed by atoms with Crippen molar-refractivity contribution in [3.63, 3.8) is 0 Å². The second kappa shape index (κ2) is 6.85. The molecule has 0 bridgehead atoms. The van der Waals surface area contributed by atoms with Crippen LogP contribution in [0.4, 0.5) is 5.69 Å². The fraction of sp³-hybridized carbons (Fsp3) is 0.357. The molecule has 7 nitrogen and oxygen atoms in total. The molecule has 0 aliphatic rings. The number of ether oxygens (including phenoxy) is 1. The molecule has 112 valence electrons. The normalized spacial score (nSPS) is 10.6. The maximum absolute atomic E-state index is 10.9. The van der Waals surface area contributed by atoms with Crippen LogP contribution in [0.3, 0.4) is 0 Å². The zero-order valence-electron chi connectivity index (χ0n) is 12.1. The molecule has 0 aliphatic carbocycles. The lowest BCUT2D eigenvalue weighted by Crippen LogP contribution is -2.13. The monoisotopic (exact) mass is 290 g/mol. The van der Waals surface area contributed by atoms with Gasteiger partial charge in [0.05, 0.1) is 10.6 Å². The molecule has 21 heavy (non-hydrogen) atoms. The molecule has 0 atom stereocenters. The summed E-state index contributed by atoms with van der Waals surface area (Å²) in [5, 5.41) is 18.2. The van der Waals surface area contributed by atoms with Crippen molar-refractivity contribution in [2.75, 3.05) is 6.54 Å². The Balaban J connectivity index is 2.14. The summed E-state index contributed by atoms with van der Waals surface area (Å²) in [6.07, 6.45) is 1.84. The average molecular weight is 290 g/mol. The second-order valence-electron chi connectivity index (χ2n) is 4.60. The number of hydrogen-bond acceptors (Lipinski definition) is 5. The minimum absolute atomic E-state index is 0.0630. The van der Waals surface area contributed by atoms with Gasteiger partial charge < -0.3 is 10.1 Å². The third-order valence-corrected chi connectivity index (χ3v) is 2.96. The minimum atomic E-state index is -0.405. The molecule has 0 unspecified atom stereocenters.